The Morgan fingerprint density at radius 2 is 2.38 bits per heavy atom. The molecule has 1 aromatic carbocycles. The van der Waals surface area contributed by atoms with Crippen molar-refractivity contribution >= 4 is 11.6 Å². The number of ether oxygens (including phenoxy) is 1. The van der Waals surface area contributed by atoms with Gasteiger partial charge in [0.05, 0.1) is 6.61 Å². The van der Waals surface area contributed by atoms with Crippen molar-refractivity contribution < 1.29 is 9.53 Å². The molecule has 3 nitrogen and oxygen atoms in total. The lowest BCUT2D eigenvalue weighted by Gasteiger charge is -2.02. The van der Waals surface area contributed by atoms with E-state index in [1.54, 1.807) is 0 Å². The topological polar surface area (TPSA) is 41.6 Å². The zero-order chi connectivity index (χ0) is 9.26. The van der Waals surface area contributed by atoms with Crippen LogP contribution < -0.4 is 5.32 Å². The number of nitrogens with one attached hydrogen (secondary N) is 1. The molecule has 1 aliphatic rings. The fourth-order valence-corrected chi connectivity index (χ4v) is 1.26. The maximum atomic E-state index is 10.8. The molecule has 0 radical (unpaired) electrons. The van der Waals surface area contributed by atoms with Gasteiger partial charge in [-0.1, -0.05) is 12.1 Å². The predicted octanol–water partition coefficient (Wildman–Crippen LogP) is 1.72. The van der Waals surface area contributed by atoms with E-state index in [0.717, 1.165) is 17.9 Å². The predicted molar refractivity (Wildman–Crippen MR) is 49.4 cm³/mol. The Labute approximate surface area is 76.7 Å². The second-order valence-corrected chi connectivity index (χ2v) is 3.13. The van der Waals surface area contributed by atoms with Gasteiger partial charge in [0, 0.05) is 12.6 Å². The molecule has 0 saturated carbocycles. The summed E-state index contributed by atoms with van der Waals surface area (Å²) in [6.07, 6.45) is 0.244. The highest BCUT2D eigenvalue weighted by Crippen LogP contribution is 2.30. The summed E-state index contributed by atoms with van der Waals surface area (Å²) in [4.78, 5) is 10.8. The van der Waals surface area contributed by atoms with Crippen molar-refractivity contribution in [3.8, 4) is 0 Å². The van der Waals surface area contributed by atoms with E-state index in [-0.39, 0.29) is 12.0 Å². The van der Waals surface area contributed by atoms with Crippen molar-refractivity contribution in [3.63, 3.8) is 0 Å². The van der Waals surface area contributed by atoms with Gasteiger partial charge in [0.2, 0.25) is 5.91 Å². The standard InChI is InChI=1S/C10H11NO2/c1-7(12)11-9-4-2-3-8(5-9)10-6-13-10/h2-5,10H,6H2,1H3,(H,11,12). The molecular weight excluding hydrogens is 166 g/mol. The molecular formula is C10H11NO2. The van der Waals surface area contributed by atoms with Crippen LogP contribution in [0.1, 0.15) is 18.6 Å². The summed E-state index contributed by atoms with van der Waals surface area (Å²) >= 11 is 0. The van der Waals surface area contributed by atoms with Crippen LogP contribution in [0.25, 0.3) is 0 Å². The molecule has 13 heavy (non-hydrogen) atoms. The average molecular weight is 177 g/mol. The molecule has 1 aliphatic heterocycles. The number of amides is 1. The van der Waals surface area contributed by atoms with Gasteiger partial charge in [-0.2, -0.15) is 0 Å². The van der Waals surface area contributed by atoms with Gasteiger partial charge in [0.1, 0.15) is 6.10 Å². The Balaban J connectivity index is 2.16. The molecule has 1 N–H and O–H groups in total. The van der Waals surface area contributed by atoms with Crippen molar-refractivity contribution in [2.75, 3.05) is 11.9 Å². The Morgan fingerprint density at radius 3 is 3.00 bits per heavy atom. The molecule has 1 atom stereocenters. The molecule has 0 aromatic heterocycles. The lowest BCUT2D eigenvalue weighted by atomic mass is 10.1. The highest BCUT2D eigenvalue weighted by Gasteiger charge is 2.24. The first kappa shape index (κ1) is 8.26. The fourth-order valence-electron chi connectivity index (χ4n) is 1.26. The largest absolute Gasteiger partial charge is 0.368 e. The minimum absolute atomic E-state index is 0.0473. The first-order chi connectivity index (χ1) is 6.25. The zero-order valence-electron chi connectivity index (χ0n) is 7.41. The van der Waals surface area contributed by atoms with Crippen LogP contribution in [0.5, 0.6) is 0 Å². The van der Waals surface area contributed by atoms with Crippen LogP contribution in [0.15, 0.2) is 24.3 Å². The number of benzene rings is 1. The van der Waals surface area contributed by atoms with E-state index < -0.39 is 0 Å². The number of carbonyl (C=O) groups is 1. The number of hydrogen-bond acceptors (Lipinski definition) is 2. The Hall–Kier alpha value is -1.35. The number of epoxide rings is 1. The third-order valence-electron chi connectivity index (χ3n) is 1.91. The fraction of sp³-hybridized carbons (Fsp3) is 0.300. The summed E-state index contributed by atoms with van der Waals surface area (Å²) < 4.78 is 5.14. The highest BCUT2D eigenvalue weighted by molar-refractivity contribution is 5.88. The molecule has 1 heterocycles. The normalized spacial score (nSPS) is 19.6. The molecule has 1 fully saturated rings. The molecule has 1 saturated heterocycles. The summed E-state index contributed by atoms with van der Waals surface area (Å²) in [5.41, 5.74) is 1.96. The first-order valence-electron chi connectivity index (χ1n) is 4.25. The summed E-state index contributed by atoms with van der Waals surface area (Å²) in [5.74, 6) is -0.0473. The van der Waals surface area contributed by atoms with Crippen molar-refractivity contribution in [3.05, 3.63) is 29.8 Å². The monoisotopic (exact) mass is 177 g/mol. The van der Waals surface area contributed by atoms with Gasteiger partial charge in [-0.3, -0.25) is 4.79 Å². The van der Waals surface area contributed by atoms with Crippen LogP contribution in [0.3, 0.4) is 0 Å². The Bertz CT molecular complexity index is 331. The number of rotatable bonds is 2. The van der Waals surface area contributed by atoms with E-state index in [1.165, 1.54) is 6.92 Å². The van der Waals surface area contributed by atoms with E-state index in [2.05, 4.69) is 5.32 Å². The molecule has 0 bridgehead atoms. The molecule has 1 aromatic rings. The molecule has 1 unspecified atom stereocenters. The number of anilines is 1. The summed E-state index contributed by atoms with van der Waals surface area (Å²) in [6, 6.07) is 7.73. The quantitative estimate of drug-likeness (QED) is 0.699. The number of hydrogen-bond donors (Lipinski definition) is 1. The van der Waals surface area contributed by atoms with Crippen LogP contribution in [-0.4, -0.2) is 12.5 Å². The SMILES string of the molecule is CC(=O)Nc1cccc(C2CO2)c1. The minimum Gasteiger partial charge on any atom is -0.368 e. The van der Waals surface area contributed by atoms with Gasteiger partial charge < -0.3 is 10.1 Å². The van der Waals surface area contributed by atoms with Crippen LogP contribution >= 0.6 is 0 Å². The van der Waals surface area contributed by atoms with Crippen molar-refractivity contribution in [2.24, 2.45) is 0 Å². The second-order valence-electron chi connectivity index (χ2n) is 3.13. The van der Waals surface area contributed by atoms with Crippen molar-refractivity contribution in [1.29, 1.82) is 0 Å². The summed E-state index contributed by atoms with van der Waals surface area (Å²) in [5, 5.41) is 2.73. The summed E-state index contributed by atoms with van der Waals surface area (Å²) in [7, 11) is 0. The third kappa shape index (κ3) is 2.06. The van der Waals surface area contributed by atoms with Gasteiger partial charge in [-0.25, -0.2) is 0 Å². The van der Waals surface area contributed by atoms with E-state index in [1.807, 2.05) is 24.3 Å². The van der Waals surface area contributed by atoms with Crippen LogP contribution in [-0.2, 0) is 9.53 Å². The molecule has 0 aliphatic carbocycles. The van der Waals surface area contributed by atoms with E-state index in [9.17, 15) is 4.79 Å². The minimum atomic E-state index is -0.0473. The van der Waals surface area contributed by atoms with Crippen LogP contribution in [0.4, 0.5) is 5.69 Å². The molecule has 1 amide bonds. The molecule has 68 valence electrons. The number of carbonyl (C=O) groups excluding carboxylic acids is 1. The van der Waals surface area contributed by atoms with Gasteiger partial charge in [0.15, 0.2) is 0 Å². The maximum Gasteiger partial charge on any atom is 0.221 e. The highest BCUT2D eigenvalue weighted by atomic mass is 16.6. The van der Waals surface area contributed by atoms with E-state index in [4.69, 9.17) is 4.74 Å². The maximum absolute atomic E-state index is 10.8. The van der Waals surface area contributed by atoms with Gasteiger partial charge in [0.25, 0.3) is 0 Å². The average Bonchev–Trinajstić information content (AvgIpc) is 2.85. The first-order valence-corrected chi connectivity index (χ1v) is 4.25. The third-order valence-corrected chi connectivity index (χ3v) is 1.91. The molecule has 2 rings (SSSR count). The lowest BCUT2D eigenvalue weighted by Crippen LogP contribution is -2.05. The van der Waals surface area contributed by atoms with Crippen LogP contribution in [0.2, 0.25) is 0 Å². The van der Waals surface area contributed by atoms with Gasteiger partial charge in [-0.15, -0.1) is 0 Å². The second kappa shape index (κ2) is 3.18. The molecule has 3 heteroatoms. The summed E-state index contributed by atoms with van der Waals surface area (Å²) in [6.45, 7) is 2.30. The smallest absolute Gasteiger partial charge is 0.221 e. The van der Waals surface area contributed by atoms with E-state index in [0.29, 0.717) is 0 Å². The lowest BCUT2D eigenvalue weighted by molar-refractivity contribution is -0.114. The van der Waals surface area contributed by atoms with Crippen LogP contribution in [0, 0.1) is 0 Å². The van der Waals surface area contributed by atoms with Crippen molar-refractivity contribution in [2.45, 2.75) is 13.0 Å². The Kier molecular flexibility index (Phi) is 2.02. The van der Waals surface area contributed by atoms with Gasteiger partial charge in [-0.05, 0) is 17.7 Å². The zero-order valence-corrected chi connectivity index (χ0v) is 7.41. The van der Waals surface area contributed by atoms with Gasteiger partial charge >= 0.3 is 0 Å². The molecule has 0 spiro atoms. The van der Waals surface area contributed by atoms with E-state index >= 15 is 0 Å². The Morgan fingerprint density at radius 1 is 1.62 bits per heavy atom. The van der Waals surface area contributed by atoms with Crippen molar-refractivity contribution in [1.82, 2.24) is 0 Å².